The van der Waals surface area contributed by atoms with Crippen LogP contribution in [0.3, 0.4) is 0 Å². The molecule has 0 saturated carbocycles. The molecule has 0 radical (unpaired) electrons. The molecule has 31 heavy (non-hydrogen) atoms. The van der Waals surface area contributed by atoms with Crippen LogP contribution in [-0.2, 0) is 11.3 Å². The normalized spacial score (nSPS) is 23.8. The van der Waals surface area contributed by atoms with Crippen molar-refractivity contribution in [2.24, 2.45) is 5.10 Å². The van der Waals surface area contributed by atoms with Gasteiger partial charge in [-0.05, 0) is 23.6 Å². The van der Waals surface area contributed by atoms with E-state index in [0.29, 0.717) is 24.4 Å². The lowest BCUT2D eigenvalue weighted by molar-refractivity contribution is -0.121. The van der Waals surface area contributed by atoms with Gasteiger partial charge >= 0.3 is 0 Å². The Labute approximate surface area is 186 Å². The molecule has 2 aromatic carbocycles. The van der Waals surface area contributed by atoms with E-state index < -0.39 is 0 Å². The van der Waals surface area contributed by atoms with Crippen molar-refractivity contribution in [3.05, 3.63) is 83.1 Å². The summed E-state index contributed by atoms with van der Waals surface area (Å²) < 4.78 is 0. The molecule has 7 nitrogen and oxygen atoms in total. The lowest BCUT2D eigenvalue weighted by Gasteiger charge is -2.37. The van der Waals surface area contributed by atoms with Crippen LogP contribution < -0.4 is 16.2 Å². The molecule has 3 aliphatic heterocycles. The van der Waals surface area contributed by atoms with Crippen LogP contribution in [0.2, 0.25) is 5.02 Å². The van der Waals surface area contributed by atoms with Crippen molar-refractivity contribution in [2.75, 3.05) is 0 Å². The Morgan fingerprint density at radius 3 is 2.77 bits per heavy atom. The maximum absolute atomic E-state index is 12.3. The van der Waals surface area contributed by atoms with E-state index in [1.165, 1.54) is 5.56 Å². The summed E-state index contributed by atoms with van der Waals surface area (Å²) >= 11 is 6.16. The van der Waals surface area contributed by atoms with E-state index in [1.54, 1.807) is 0 Å². The molecule has 0 aliphatic carbocycles. The second-order valence-electron chi connectivity index (χ2n) is 7.98. The highest BCUT2D eigenvalue weighted by Crippen LogP contribution is 2.34. The fourth-order valence-electron chi connectivity index (χ4n) is 4.36. The lowest BCUT2D eigenvalue weighted by Crippen LogP contribution is -2.54. The van der Waals surface area contributed by atoms with Crippen LogP contribution in [0.1, 0.15) is 36.4 Å². The van der Waals surface area contributed by atoms with Gasteiger partial charge in [-0.3, -0.25) is 10.2 Å². The second kappa shape index (κ2) is 8.61. The summed E-state index contributed by atoms with van der Waals surface area (Å²) in [5.74, 6) is 0.873. The molecule has 3 heterocycles. The standard InChI is InChI=1S/C23H25ClN6O/c24-18-9-5-4-8-17(18)15-25-22(31)11-10-21-26-27-23-20-14-19(16-6-2-1-3-7-16)28-30(20)13-12-29(21)23/h1-9,12-13,19-20,23,27-28H,10-11,14-15H2,(H,25,31). The van der Waals surface area contributed by atoms with Gasteiger partial charge in [0.25, 0.3) is 0 Å². The Hall–Kier alpha value is -3.03. The van der Waals surface area contributed by atoms with E-state index in [0.717, 1.165) is 17.8 Å². The molecular weight excluding hydrogens is 412 g/mol. The van der Waals surface area contributed by atoms with Crippen molar-refractivity contribution in [3.8, 4) is 0 Å². The van der Waals surface area contributed by atoms with Crippen molar-refractivity contribution in [3.63, 3.8) is 0 Å². The molecule has 3 aliphatic rings. The number of nitrogens with one attached hydrogen (secondary N) is 3. The van der Waals surface area contributed by atoms with Gasteiger partial charge in [0, 0.05) is 36.8 Å². The molecule has 1 fully saturated rings. The van der Waals surface area contributed by atoms with Gasteiger partial charge in [0.2, 0.25) is 5.91 Å². The van der Waals surface area contributed by atoms with Crippen molar-refractivity contribution < 1.29 is 4.79 Å². The first-order chi connectivity index (χ1) is 15.2. The van der Waals surface area contributed by atoms with Crippen molar-refractivity contribution >= 4 is 23.3 Å². The number of benzene rings is 2. The monoisotopic (exact) mass is 436 g/mol. The molecule has 1 saturated heterocycles. The van der Waals surface area contributed by atoms with Crippen LogP contribution in [0.15, 0.2) is 72.1 Å². The van der Waals surface area contributed by atoms with Crippen molar-refractivity contribution in [1.82, 2.24) is 26.1 Å². The number of amides is 1. The zero-order valence-corrected chi connectivity index (χ0v) is 17.8. The Balaban J connectivity index is 1.15. The topological polar surface area (TPSA) is 72.0 Å². The van der Waals surface area contributed by atoms with E-state index in [1.807, 2.05) is 36.5 Å². The number of hydrazone groups is 1. The first kappa shape index (κ1) is 19.9. The van der Waals surface area contributed by atoms with Gasteiger partial charge in [-0.1, -0.05) is 60.1 Å². The zero-order chi connectivity index (χ0) is 21.2. The lowest BCUT2D eigenvalue weighted by atomic mass is 10.00. The van der Waals surface area contributed by atoms with E-state index in [9.17, 15) is 4.79 Å². The number of hydrogen-bond donors (Lipinski definition) is 3. The number of halogens is 1. The Bertz CT molecular complexity index is 1010. The zero-order valence-electron chi connectivity index (χ0n) is 17.0. The Morgan fingerprint density at radius 2 is 1.94 bits per heavy atom. The molecule has 0 bridgehead atoms. The maximum atomic E-state index is 12.3. The summed E-state index contributed by atoms with van der Waals surface area (Å²) in [4.78, 5) is 14.5. The minimum absolute atomic E-state index is 0.0136. The molecule has 1 amide bonds. The molecule has 0 aromatic heterocycles. The van der Waals surface area contributed by atoms with Gasteiger partial charge in [0.1, 0.15) is 12.0 Å². The molecule has 160 valence electrons. The highest BCUT2D eigenvalue weighted by molar-refractivity contribution is 6.31. The van der Waals surface area contributed by atoms with E-state index in [4.69, 9.17) is 11.6 Å². The summed E-state index contributed by atoms with van der Waals surface area (Å²) in [7, 11) is 0. The van der Waals surface area contributed by atoms with Crippen molar-refractivity contribution in [1.29, 1.82) is 0 Å². The van der Waals surface area contributed by atoms with E-state index in [-0.39, 0.29) is 24.2 Å². The first-order valence-corrected chi connectivity index (χ1v) is 10.9. The van der Waals surface area contributed by atoms with Gasteiger partial charge in [-0.2, -0.15) is 5.10 Å². The smallest absolute Gasteiger partial charge is 0.220 e. The van der Waals surface area contributed by atoms with Crippen LogP contribution in [0.4, 0.5) is 0 Å². The van der Waals surface area contributed by atoms with Crippen LogP contribution in [0.5, 0.6) is 0 Å². The number of fused-ring (bicyclic) bond motifs is 3. The predicted octanol–water partition coefficient (Wildman–Crippen LogP) is 3.09. The molecule has 8 heteroatoms. The van der Waals surface area contributed by atoms with Crippen LogP contribution in [0, 0.1) is 0 Å². The largest absolute Gasteiger partial charge is 0.352 e. The van der Waals surface area contributed by atoms with E-state index >= 15 is 0 Å². The molecule has 2 aromatic rings. The van der Waals surface area contributed by atoms with Gasteiger partial charge in [-0.25, -0.2) is 5.43 Å². The summed E-state index contributed by atoms with van der Waals surface area (Å²) in [5.41, 5.74) is 9.05. The highest BCUT2D eigenvalue weighted by atomic mass is 35.5. The number of nitrogens with zero attached hydrogens (tertiary/aromatic N) is 3. The van der Waals surface area contributed by atoms with Crippen LogP contribution in [0.25, 0.3) is 0 Å². The van der Waals surface area contributed by atoms with Gasteiger partial charge in [0.15, 0.2) is 0 Å². The summed E-state index contributed by atoms with van der Waals surface area (Å²) in [6.07, 6.45) is 6.08. The minimum Gasteiger partial charge on any atom is -0.352 e. The fourth-order valence-corrected chi connectivity index (χ4v) is 4.57. The summed E-state index contributed by atoms with van der Waals surface area (Å²) in [5, 5.41) is 10.3. The molecule has 0 spiro atoms. The highest BCUT2D eigenvalue weighted by Gasteiger charge is 2.43. The first-order valence-electron chi connectivity index (χ1n) is 10.6. The molecular formula is C23H25ClN6O. The number of carbonyl (C=O) groups excluding carboxylic acids is 1. The minimum atomic E-state index is -0.0136. The Kier molecular flexibility index (Phi) is 5.53. The number of hydrogen-bond acceptors (Lipinski definition) is 6. The maximum Gasteiger partial charge on any atom is 0.220 e. The third-order valence-electron chi connectivity index (χ3n) is 6.03. The van der Waals surface area contributed by atoms with Crippen LogP contribution in [-0.4, -0.2) is 33.9 Å². The van der Waals surface area contributed by atoms with Gasteiger partial charge < -0.3 is 15.2 Å². The quantitative estimate of drug-likeness (QED) is 0.649. The Morgan fingerprint density at radius 1 is 1.13 bits per heavy atom. The molecule has 5 rings (SSSR count). The molecule has 3 unspecified atom stereocenters. The third kappa shape index (κ3) is 4.11. The van der Waals surface area contributed by atoms with Crippen LogP contribution >= 0.6 is 11.6 Å². The second-order valence-corrected chi connectivity index (χ2v) is 8.39. The summed E-state index contributed by atoms with van der Waals surface area (Å²) in [6, 6.07) is 18.6. The predicted molar refractivity (Wildman–Crippen MR) is 120 cm³/mol. The fraction of sp³-hybridized carbons (Fsp3) is 0.304. The van der Waals surface area contributed by atoms with Gasteiger partial charge in [0.05, 0.1) is 12.1 Å². The number of hydrazine groups is 1. The number of rotatable bonds is 6. The number of amidine groups is 1. The average molecular weight is 437 g/mol. The summed E-state index contributed by atoms with van der Waals surface area (Å²) in [6.45, 7) is 0.430. The molecule has 3 N–H and O–H groups in total. The van der Waals surface area contributed by atoms with Crippen molar-refractivity contribution in [2.45, 2.75) is 44.1 Å². The van der Waals surface area contributed by atoms with E-state index in [2.05, 4.69) is 61.6 Å². The number of carbonyl (C=O) groups is 1. The SMILES string of the molecule is O=C(CCC1=NNC2C3CC(c4ccccc4)NN3C=CN12)NCc1ccccc1Cl. The third-order valence-corrected chi connectivity index (χ3v) is 6.40. The molecule has 3 atom stereocenters. The van der Waals surface area contributed by atoms with Gasteiger partial charge in [-0.15, -0.1) is 0 Å². The average Bonchev–Trinajstić information content (AvgIpc) is 3.41.